The van der Waals surface area contributed by atoms with E-state index in [0.717, 1.165) is 27.8 Å². The van der Waals surface area contributed by atoms with E-state index in [1.807, 2.05) is 179 Å². The minimum Gasteiger partial charge on any atom is -0.469 e. The largest absolute Gasteiger partial charge is 0.469 e. The second-order valence-corrected chi connectivity index (χ2v) is 20.6. The fourth-order valence-electron chi connectivity index (χ4n) is 10.9. The number of carbonyl (C=O) groups is 5. The smallest absolute Gasteiger partial charge is 0.407 e. The van der Waals surface area contributed by atoms with Gasteiger partial charge in [-0.3, -0.25) is 19.2 Å². The van der Waals surface area contributed by atoms with E-state index in [9.17, 15) is 24.0 Å². The van der Waals surface area contributed by atoms with Gasteiger partial charge in [0.2, 0.25) is 17.7 Å². The first-order chi connectivity index (χ1) is 32.7. The number of hydrogen-bond donors (Lipinski definition) is 4. The molecule has 4 N–H and O–H groups in total. The van der Waals surface area contributed by atoms with Crippen LogP contribution in [0.25, 0.3) is 0 Å². The summed E-state index contributed by atoms with van der Waals surface area (Å²) in [7, 11) is 1.40. The van der Waals surface area contributed by atoms with Gasteiger partial charge < -0.3 is 30.7 Å². The molecule has 11 heteroatoms. The van der Waals surface area contributed by atoms with E-state index in [2.05, 4.69) is 21.3 Å². The van der Waals surface area contributed by atoms with E-state index >= 15 is 0 Å². The molecule has 0 radical (unpaired) electrons. The highest BCUT2D eigenvalue weighted by atomic mass is 16.5. The maximum absolute atomic E-state index is 14.8. The molecule has 0 bridgehead atoms. The average Bonchev–Trinajstić information content (AvgIpc) is 4.31. The Morgan fingerprint density at radius 2 is 0.721 bits per heavy atom. The molecule has 4 aliphatic carbocycles. The number of amides is 4. The monoisotopic (exact) mass is 914 g/mol. The van der Waals surface area contributed by atoms with E-state index < -0.39 is 45.9 Å². The molecule has 0 spiro atoms. The Kier molecular flexibility index (Phi) is 12.5. The predicted octanol–water partition coefficient (Wildman–Crippen LogP) is 9.50. The zero-order valence-electron chi connectivity index (χ0n) is 39.4. The van der Waals surface area contributed by atoms with Crippen LogP contribution in [0.3, 0.4) is 0 Å². The molecular formula is C57H62N4O7. The summed E-state index contributed by atoms with van der Waals surface area (Å²) in [5, 5.41) is 13.3. The van der Waals surface area contributed by atoms with Crippen LogP contribution in [-0.4, -0.2) is 36.9 Å². The summed E-state index contributed by atoms with van der Waals surface area (Å²) in [4.78, 5) is 70.0. The van der Waals surface area contributed by atoms with Gasteiger partial charge in [-0.1, -0.05) is 172 Å². The first-order valence-corrected chi connectivity index (χ1v) is 23.9. The highest BCUT2D eigenvalue weighted by Crippen LogP contribution is 2.64. The molecule has 4 aliphatic rings. The Morgan fingerprint density at radius 1 is 0.441 bits per heavy atom. The summed E-state index contributed by atoms with van der Waals surface area (Å²) in [6, 6.07) is 46.8. The highest BCUT2D eigenvalue weighted by Gasteiger charge is 2.66. The molecule has 0 saturated heterocycles. The number of carbonyl (C=O) groups excluding carboxylic acids is 5. The van der Waals surface area contributed by atoms with Gasteiger partial charge in [0.15, 0.2) is 0 Å². The summed E-state index contributed by atoms with van der Waals surface area (Å²) < 4.78 is 10.8. The summed E-state index contributed by atoms with van der Waals surface area (Å²) in [6.07, 6.45) is 1.70. The van der Waals surface area contributed by atoms with Crippen molar-refractivity contribution in [3.63, 3.8) is 0 Å². The number of ether oxygens (including phenoxy) is 2. The Labute approximate surface area is 399 Å². The second kappa shape index (κ2) is 18.4. The van der Waals surface area contributed by atoms with Gasteiger partial charge >= 0.3 is 12.1 Å². The summed E-state index contributed by atoms with van der Waals surface area (Å²) >= 11 is 0. The minimum absolute atomic E-state index is 0.117. The summed E-state index contributed by atoms with van der Waals surface area (Å²) in [5.74, 6) is -1.42. The van der Waals surface area contributed by atoms with Crippen LogP contribution in [-0.2, 0) is 35.3 Å². The van der Waals surface area contributed by atoms with Crippen molar-refractivity contribution in [2.75, 3.05) is 7.11 Å². The molecule has 9 rings (SSSR count). The minimum atomic E-state index is -0.822. The molecule has 5 aromatic rings. The van der Waals surface area contributed by atoms with Crippen molar-refractivity contribution in [2.24, 2.45) is 45.3 Å². The Bertz CT molecular complexity index is 2640. The van der Waals surface area contributed by atoms with Gasteiger partial charge in [0, 0.05) is 5.92 Å². The van der Waals surface area contributed by atoms with Gasteiger partial charge in [0.25, 0.3) is 0 Å². The molecule has 0 aromatic heterocycles. The lowest BCUT2D eigenvalue weighted by molar-refractivity contribution is -0.147. The van der Waals surface area contributed by atoms with Crippen molar-refractivity contribution in [3.05, 3.63) is 179 Å². The molecule has 4 fully saturated rings. The third-order valence-electron chi connectivity index (χ3n) is 16.0. The van der Waals surface area contributed by atoms with Crippen LogP contribution in [0.1, 0.15) is 105 Å². The third kappa shape index (κ3) is 9.15. The quantitative estimate of drug-likeness (QED) is 0.0640. The SMILES string of the molecule is COC(=O)[C@@]1(C)C[C@@H]1[C@@H](NC(=O)[C@@]1(C)C[C@@H]1[C@@H](NC(=O)[C@@]1(C)C[C@@H]1[C@@H](NC(=O)[C@@]1(C)C[C@@H]1[C@@H](NC(=O)OCc1ccccc1)c1ccccc1)c1ccccc1)c1ccccc1)c1ccccc1. The molecule has 12 atom stereocenters. The zero-order valence-corrected chi connectivity index (χ0v) is 39.4. The van der Waals surface area contributed by atoms with E-state index in [1.54, 1.807) is 0 Å². The van der Waals surface area contributed by atoms with Gasteiger partial charge in [-0.25, -0.2) is 4.79 Å². The first-order valence-electron chi connectivity index (χ1n) is 23.9. The molecular weight excluding hydrogens is 853 g/mol. The van der Waals surface area contributed by atoms with E-state index in [0.29, 0.717) is 25.7 Å². The Morgan fingerprint density at radius 3 is 1.04 bits per heavy atom. The molecule has 0 heterocycles. The maximum atomic E-state index is 14.8. The number of rotatable bonds is 18. The Hall–Kier alpha value is -6.75. The van der Waals surface area contributed by atoms with Gasteiger partial charge in [-0.15, -0.1) is 0 Å². The topological polar surface area (TPSA) is 152 Å². The van der Waals surface area contributed by atoms with Crippen LogP contribution >= 0.6 is 0 Å². The first kappa shape index (κ1) is 46.4. The standard InChI is InChI=1S/C57H62N4O7/c1-54(49(62)58-45(37-23-13-7-14-24-37)42-32-55(42,2)50(63)60-47(39-27-17-9-18-28-39)44-34-57(44,4)52(65)67-5)31-41(54)46(38-25-15-8-16-26-38)59-51(64)56(3)33-43(56)48(40-29-19-10-20-30-40)61-53(66)68-35-36-21-11-6-12-22-36/h6-30,41-48H,31-35H2,1-5H3,(H,58,62)(H,59,64)(H,60,63)(H,61,66)/t41-,42-,43-,44-,45+,46+,47+,48+,54+,55+,56+,57+/m1/s1. The molecule has 5 aromatic carbocycles. The van der Waals surface area contributed by atoms with E-state index in [4.69, 9.17) is 9.47 Å². The highest BCUT2D eigenvalue weighted by molar-refractivity contribution is 5.90. The number of hydrogen-bond acceptors (Lipinski definition) is 7. The molecule has 68 heavy (non-hydrogen) atoms. The lowest BCUT2D eigenvalue weighted by Gasteiger charge is -2.28. The number of methoxy groups -OCH3 is 1. The molecule has 352 valence electrons. The van der Waals surface area contributed by atoms with Crippen molar-refractivity contribution in [1.29, 1.82) is 0 Å². The van der Waals surface area contributed by atoms with Crippen molar-refractivity contribution in [3.8, 4) is 0 Å². The van der Waals surface area contributed by atoms with Crippen LogP contribution in [0.2, 0.25) is 0 Å². The Balaban J connectivity index is 0.902. The maximum Gasteiger partial charge on any atom is 0.407 e. The van der Waals surface area contributed by atoms with Gasteiger partial charge in [0.05, 0.1) is 52.9 Å². The van der Waals surface area contributed by atoms with Crippen molar-refractivity contribution >= 4 is 29.8 Å². The third-order valence-corrected chi connectivity index (χ3v) is 16.0. The van der Waals surface area contributed by atoms with Crippen molar-refractivity contribution < 1.29 is 33.4 Å². The lowest BCUT2D eigenvalue weighted by Crippen LogP contribution is -2.42. The zero-order chi connectivity index (χ0) is 47.8. The van der Waals surface area contributed by atoms with Crippen molar-refractivity contribution in [2.45, 2.75) is 84.2 Å². The van der Waals surface area contributed by atoms with Crippen LogP contribution in [0, 0.1) is 45.3 Å². The number of alkyl carbamates (subject to hydrolysis) is 1. The lowest BCUT2D eigenvalue weighted by atomic mass is 9.91. The van der Waals surface area contributed by atoms with Crippen molar-refractivity contribution in [1.82, 2.24) is 21.3 Å². The number of nitrogens with one attached hydrogen (secondary N) is 4. The van der Waals surface area contributed by atoms with Gasteiger partial charge in [-0.2, -0.15) is 0 Å². The van der Waals surface area contributed by atoms with Crippen LogP contribution in [0.5, 0.6) is 0 Å². The summed E-state index contributed by atoms with van der Waals surface area (Å²) in [6.45, 7) is 7.89. The molecule has 4 saturated carbocycles. The summed E-state index contributed by atoms with van der Waals surface area (Å²) in [5.41, 5.74) is 1.39. The van der Waals surface area contributed by atoms with E-state index in [-0.39, 0.29) is 60.0 Å². The molecule has 0 unspecified atom stereocenters. The number of esters is 1. The average molecular weight is 915 g/mol. The fourth-order valence-corrected chi connectivity index (χ4v) is 10.9. The normalized spacial score (nSPS) is 29.1. The predicted molar refractivity (Wildman–Crippen MR) is 258 cm³/mol. The fraction of sp³-hybridized carbons (Fsp3) is 0.386. The van der Waals surface area contributed by atoms with Gasteiger partial charge in [0.1, 0.15) is 6.61 Å². The van der Waals surface area contributed by atoms with Gasteiger partial charge in [-0.05, 0) is 78.2 Å². The molecule has 11 nitrogen and oxygen atoms in total. The molecule has 4 amide bonds. The van der Waals surface area contributed by atoms with Crippen LogP contribution in [0.4, 0.5) is 4.79 Å². The number of benzene rings is 5. The van der Waals surface area contributed by atoms with Crippen LogP contribution < -0.4 is 21.3 Å². The molecule has 0 aliphatic heterocycles. The second-order valence-electron chi connectivity index (χ2n) is 20.6. The van der Waals surface area contributed by atoms with Crippen LogP contribution in [0.15, 0.2) is 152 Å². The van der Waals surface area contributed by atoms with E-state index in [1.165, 1.54) is 7.11 Å².